The van der Waals surface area contributed by atoms with Crippen molar-refractivity contribution in [2.75, 3.05) is 46.5 Å². The van der Waals surface area contributed by atoms with Gasteiger partial charge in [0.1, 0.15) is 17.8 Å². The Morgan fingerprint density at radius 3 is 1.30 bits per heavy atom. The number of H-pyrrole nitrogens is 1. The fraction of sp³-hybridized carbons (Fsp3) is 0.769. The SMILES string of the molecule is C.COC[C@H]1C[C@H]2C[C@](C)(O)CC[C@]2(C)[C@H]2CC[C@]3(C)[C@@H](C(=O)CBr)CC[C@H]3[C@H]12.COC[C@H]1C[C@H]2C[C@](C)(O)CC[C@]2(C)[C@H]2CC[C@]3(C)[C@@H](C(=O)Cn4cc5ccncc5n4)CC[C@H]3[C@H]12.COC[C@H]1C[C@H]2C[C@](C)(O)CC[C@]2(C)[C@H]2CC[C@]3(C)[C@@H](C(=O)Cn4ncc5ccncc54)CC[C@H]3[C@H]12.c1cc2cn[nH]c2cn1. The minimum Gasteiger partial charge on any atom is -0.390 e. The first kappa shape index (κ1) is 81.7. The third-order valence-corrected chi connectivity index (χ3v) is 35.1. The Kier molecular flexibility index (Phi) is 23.2. The van der Waals surface area contributed by atoms with E-state index in [1.54, 1.807) is 37.2 Å². The lowest BCUT2D eigenvalue weighted by Gasteiger charge is -2.64. The van der Waals surface area contributed by atoms with Gasteiger partial charge >= 0.3 is 0 Å². The van der Waals surface area contributed by atoms with Gasteiger partial charge in [0.15, 0.2) is 11.6 Å². The lowest BCUT2D eigenvalue weighted by molar-refractivity contribution is -0.175. The van der Waals surface area contributed by atoms with E-state index in [0.29, 0.717) is 135 Å². The van der Waals surface area contributed by atoms with Crippen molar-refractivity contribution in [1.82, 2.24) is 44.7 Å². The molecule has 18 nitrogen and oxygen atoms in total. The Bertz CT molecular complexity index is 4160. The van der Waals surface area contributed by atoms with E-state index in [9.17, 15) is 29.7 Å². The largest absolute Gasteiger partial charge is 0.390 e. The standard InChI is InChI=1S/2C30H43N3O3.C24H39BrO3.C6H5N3.CH4/c1-28(35)10-11-29(2)21(14-28)13-20(18-36-4)27-23-6-5-22(30(23,3)9-7-24(27)29)26(34)17-33-16-19-8-12-31-15-25(19)32-33;1-28(35)10-11-29(2)21(14-28)13-20(18-36-4)27-23-6-5-22(30(23,3)9-7-24(27)29)26(34)17-33-25-16-31-12-8-19(25)15-32-33;1-22(27)9-10-23(2)16(12-22)11-15(14-28-4)21-18-6-5-17(20(26)13-25)24(18,3)8-7-19(21)23;1-2-7-4-6-5(1)3-8-9-6;/h2*8,12,15-16,20-24,27,35H,5-7,9-11,13-14,17-18H2,1-4H3;15-19,21,27H,5-14H2,1-4H3;1-4H,(H,8,9);1H4/t2*20-,21+,22-,23+,24+,27+,28-,29+,30-;15-,16+,17-,18+,19+,21+,22-,23+,24-;;/m111../s1. The van der Waals surface area contributed by atoms with Crippen LogP contribution in [0.4, 0.5) is 0 Å². The summed E-state index contributed by atoms with van der Waals surface area (Å²) in [6, 6.07) is 5.82. The monoisotopic (exact) mass is 1580 g/mol. The Morgan fingerprint density at radius 2 is 0.873 bits per heavy atom. The van der Waals surface area contributed by atoms with Gasteiger partial charge in [0.05, 0.1) is 70.7 Å². The molecule has 6 aromatic heterocycles. The van der Waals surface area contributed by atoms with E-state index in [1.165, 1.54) is 38.5 Å². The van der Waals surface area contributed by atoms with Crippen LogP contribution < -0.4 is 0 Å². The average Bonchev–Trinajstić information content (AvgIpc) is 1.43. The summed E-state index contributed by atoms with van der Waals surface area (Å²) in [5.74, 6) is 10.6. The Hall–Kier alpha value is -4.89. The molecule has 12 saturated carbocycles. The first-order valence-corrected chi connectivity index (χ1v) is 43.6. The number of fused-ring (bicyclic) bond motifs is 18. The Morgan fingerprint density at radius 1 is 0.473 bits per heavy atom. The predicted molar refractivity (Wildman–Crippen MR) is 434 cm³/mol. The molecule has 27 atom stereocenters. The molecule has 6 aromatic rings. The van der Waals surface area contributed by atoms with Crippen LogP contribution in [0.1, 0.15) is 224 Å². The summed E-state index contributed by atoms with van der Waals surface area (Å²) < 4.78 is 21.0. The third kappa shape index (κ3) is 14.6. The molecule has 4 N–H and O–H groups in total. The number of methoxy groups -OCH3 is 3. The number of pyridine rings is 3. The summed E-state index contributed by atoms with van der Waals surface area (Å²) in [6.45, 7) is 24.1. The second-order valence-corrected chi connectivity index (χ2v) is 40.9. The molecule has 12 aliphatic carbocycles. The van der Waals surface area contributed by atoms with Crippen molar-refractivity contribution in [3.63, 3.8) is 0 Å². The zero-order chi connectivity index (χ0) is 77.0. The number of alkyl halides is 1. The lowest BCUT2D eigenvalue weighted by atomic mass is 9.42. The van der Waals surface area contributed by atoms with E-state index < -0.39 is 16.8 Å². The van der Waals surface area contributed by atoms with E-state index in [1.807, 2.05) is 88.3 Å². The number of aromatic amines is 1. The van der Waals surface area contributed by atoms with E-state index in [-0.39, 0.29) is 41.4 Å². The minimum absolute atomic E-state index is 0. The van der Waals surface area contributed by atoms with Gasteiger partial charge in [-0.1, -0.05) is 64.9 Å². The van der Waals surface area contributed by atoms with E-state index in [4.69, 9.17) is 14.2 Å². The highest BCUT2D eigenvalue weighted by Gasteiger charge is 2.68. The molecule has 12 fully saturated rings. The molecule has 110 heavy (non-hydrogen) atoms. The number of ether oxygens (including phenoxy) is 3. The number of carbonyl (C=O) groups is 3. The highest BCUT2D eigenvalue weighted by molar-refractivity contribution is 9.09. The van der Waals surface area contributed by atoms with Crippen LogP contribution in [-0.2, 0) is 41.7 Å². The lowest BCUT2D eigenvalue weighted by Crippen LogP contribution is -2.59. The van der Waals surface area contributed by atoms with Crippen molar-refractivity contribution >= 4 is 66.0 Å². The number of carbonyl (C=O) groups excluding carboxylic acids is 3. The first-order valence-electron chi connectivity index (χ1n) is 42.5. The molecule has 19 heteroatoms. The Balaban J connectivity index is 0.000000130. The maximum atomic E-state index is 13.8. The molecule has 0 aromatic carbocycles. The van der Waals surface area contributed by atoms with Crippen LogP contribution in [0, 0.1) is 139 Å². The highest BCUT2D eigenvalue weighted by Crippen LogP contribution is 2.73. The van der Waals surface area contributed by atoms with Gasteiger partial charge < -0.3 is 29.5 Å². The van der Waals surface area contributed by atoms with Crippen LogP contribution in [0.3, 0.4) is 0 Å². The summed E-state index contributed by atoms with van der Waals surface area (Å²) in [6.07, 6.45) is 42.3. The zero-order valence-corrected chi connectivity index (χ0v) is 69.4. The molecule has 0 unspecified atom stereocenters. The molecule has 0 bridgehead atoms. The smallest absolute Gasteiger partial charge is 0.157 e. The number of hydrogen-bond donors (Lipinski definition) is 4. The van der Waals surface area contributed by atoms with Gasteiger partial charge in [-0.2, -0.15) is 15.3 Å². The van der Waals surface area contributed by atoms with Crippen molar-refractivity contribution in [2.45, 2.75) is 254 Å². The fourth-order valence-corrected chi connectivity index (χ4v) is 29.4. The van der Waals surface area contributed by atoms with E-state index in [0.717, 1.165) is 174 Å². The van der Waals surface area contributed by atoms with Crippen LogP contribution in [0.25, 0.3) is 32.7 Å². The molecule has 0 radical (unpaired) electrons. The Labute approximate surface area is 664 Å². The molecule has 604 valence electrons. The van der Waals surface area contributed by atoms with Crippen molar-refractivity contribution in [1.29, 1.82) is 0 Å². The van der Waals surface area contributed by atoms with Crippen LogP contribution in [-0.4, -0.2) is 141 Å². The third-order valence-electron chi connectivity index (χ3n) is 34.5. The molecular formula is C91H134BrN9O9. The van der Waals surface area contributed by atoms with Gasteiger partial charge in [-0.25, -0.2) is 0 Å². The van der Waals surface area contributed by atoms with Crippen molar-refractivity contribution in [2.24, 2.45) is 139 Å². The number of halogens is 1. The summed E-state index contributed by atoms with van der Waals surface area (Å²) in [5, 5.41) is 52.1. The van der Waals surface area contributed by atoms with Crippen molar-refractivity contribution in [3.05, 3.63) is 74.0 Å². The molecule has 12 aliphatic rings. The predicted octanol–water partition coefficient (Wildman–Crippen LogP) is 17.4. The number of hydrogen-bond acceptors (Lipinski definition) is 15. The van der Waals surface area contributed by atoms with Gasteiger partial charge in [0.25, 0.3) is 0 Å². The number of nitrogens with zero attached hydrogens (tertiary/aromatic N) is 8. The van der Waals surface area contributed by atoms with Gasteiger partial charge in [-0.3, -0.25) is 43.8 Å². The number of aliphatic hydroxyl groups is 3. The number of ketones is 3. The first-order chi connectivity index (χ1) is 51.9. The summed E-state index contributed by atoms with van der Waals surface area (Å²) in [7, 11) is 5.52. The molecule has 18 rings (SSSR count). The van der Waals surface area contributed by atoms with Crippen LogP contribution in [0.2, 0.25) is 0 Å². The second-order valence-electron chi connectivity index (χ2n) is 40.3. The van der Waals surface area contributed by atoms with Crippen LogP contribution in [0.5, 0.6) is 0 Å². The molecule has 0 aliphatic heterocycles. The molecule has 0 amide bonds. The van der Waals surface area contributed by atoms with E-state index >= 15 is 0 Å². The van der Waals surface area contributed by atoms with Gasteiger partial charge in [0.2, 0.25) is 0 Å². The second kappa shape index (κ2) is 31.3. The summed E-state index contributed by atoms with van der Waals surface area (Å²) >= 11 is 3.44. The van der Waals surface area contributed by atoms with Gasteiger partial charge in [0, 0.05) is 99.8 Å². The average molecular weight is 1580 g/mol. The van der Waals surface area contributed by atoms with Gasteiger partial charge in [-0.05, 0) is 314 Å². The quantitative estimate of drug-likeness (QED) is 0.0741. The molecule has 0 spiro atoms. The number of rotatable bonds is 14. The zero-order valence-electron chi connectivity index (χ0n) is 67.8. The van der Waals surface area contributed by atoms with Crippen molar-refractivity contribution in [3.8, 4) is 0 Å². The minimum atomic E-state index is -0.533. The molecular weight excluding hydrogens is 1440 g/mol. The van der Waals surface area contributed by atoms with Crippen LogP contribution >= 0.6 is 15.9 Å². The molecule has 6 heterocycles. The highest BCUT2D eigenvalue weighted by atomic mass is 79.9. The van der Waals surface area contributed by atoms with Crippen molar-refractivity contribution < 1.29 is 43.9 Å². The maximum Gasteiger partial charge on any atom is 0.157 e. The maximum absolute atomic E-state index is 13.8. The summed E-state index contributed by atoms with van der Waals surface area (Å²) in [4.78, 5) is 52.6. The van der Waals surface area contributed by atoms with Crippen LogP contribution in [0.15, 0.2) is 74.0 Å². The fourth-order valence-electron chi connectivity index (χ4n) is 29.0. The normalized spacial score (nSPS) is 43.3. The molecule has 0 saturated heterocycles. The number of nitrogens with one attached hydrogen (secondary N) is 1. The van der Waals surface area contributed by atoms with Gasteiger partial charge in [-0.15, -0.1) is 0 Å². The number of Topliss-reactive ketones (excluding diaryl/α,β-unsaturated/α-hetero) is 3. The topological polar surface area (TPSA) is 243 Å². The van der Waals surface area contributed by atoms with E-state index in [2.05, 4.69) is 92.8 Å². The number of aromatic nitrogens is 9. The summed E-state index contributed by atoms with van der Waals surface area (Å²) in [5.41, 5.74) is 2.41.